The average molecular weight is 250 g/mol. The Labute approximate surface area is 101 Å². The summed E-state index contributed by atoms with van der Waals surface area (Å²) in [6.45, 7) is 0.462. The Hall–Kier alpha value is -2.15. The molecule has 4 N–H and O–H groups in total. The van der Waals surface area contributed by atoms with Gasteiger partial charge in [0, 0.05) is 5.38 Å². The minimum atomic E-state index is -1.08. The Balaban J connectivity index is 2.14. The van der Waals surface area contributed by atoms with Gasteiger partial charge in [0.2, 0.25) is 0 Å². The molecule has 2 heterocycles. The van der Waals surface area contributed by atoms with E-state index in [2.05, 4.69) is 15.3 Å². The number of nitrogens with zero attached hydrogens (tertiary/aromatic N) is 2. The number of aromatic nitrogens is 2. The van der Waals surface area contributed by atoms with E-state index < -0.39 is 5.97 Å². The number of nitrogens with two attached hydrogens (primary N) is 1. The first-order valence-corrected chi connectivity index (χ1v) is 5.72. The molecule has 0 spiro atoms. The Morgan fingerprint density at radius 3 is 3.00 bits per heavy atom. The number of nitrogens with one attached hydrogen (secondary N) is 1. The molecule has 2 aromatic rings. The van der Waals surface area contributed by atoms with Crippen LogP contribution in [0, 0.1) is 0 Å². The maximum absolute atomic E-state index is 10.8. The molecule has 0 aliphatic rings. The molecule has 2 aromatic heterocycles. The molecular weight excluding hydrogens is 240 g/mol. The number of hydrogen-bond donors (Lipinski definition) is 3. The van der Waals surface area contributed by atoms with Gasteiger partial charge in [-0.2, -0.15) is 0 Å². The van der Waals surface area contributed by atoms with Crippen molar-refractivity contribution in [3.63, 3.8) is 0 Å². The lowest BCUT2D eigenvalue weighted by molar-refractivity contribution is 0.0690. The monoisotopic (exact) mass is 250 g/mol. The zero-order valence-corrected chi connectivity index (χ0v) is 9.57. The van der Waals surface area contributed by atoms with E-state index in [1.54, 1.807) is 5.51 Å². The van der Waals surface area contributed by atoms with Gasteiger partial charge in [0.25, 0.3) is 0 Å². The average Bonchev–Trinajstić information content (AvgIpc) is 2.80. The molecule has 88 valence electrons. The fourth-order valence-corrected chi connectivity index (χ4v) is 1.79. The van der Waals surface area contributed by atoms with Gasteiger partial charge in [-0.05, 0) is 12.1 Å². The predicted octanol–water partition coefficient (Wildman–Crippen LogP) is 1.43. The normalized spacial score (nSPS) is 10.1. The summed E-state index contributed by atoms with van der Waals surface area (Å²) in [4.78, 5) is 18.8. The van der Waals surface area contributed by atoms with Crippen molar-refractivity contribution >= 4 is 28.8 Å². The molecule has 7 heteroatoms. The first-order chi connectivity index (χ1) is 8.16. The summed E-state index contributed by atoms with van der Waals surface area (Å²) < 4.78 is 0. The number of anilines is 2. The molecule has 6 nitrogen and oxygen atoms in total. The van der Waals surface area contributed by atoms with Crippen LogP contribution in [0.1, 0.15) is 16.2 Å². The molecule has 0 radical (unpaired) electrons. The van der Waals surface area contributed by atoms with Crippen molar-refractivity contribution in [2.75, 3.05) is 11.1 Å². The van der Waals surface area contributed by atoms with Crippen molar-refractivity contribution in [1.29, 1.82) is 0 Å². The third-order valence-corrected chi connectivity index (χ3v) is 2.70. The lowest BCUT2D eigenvalue weighted by atomic mass is 10.3. The highest BCUT2D eigenvalue weighted by Crippen LogP contribution is 2.16. The van der Waals surface area contributed by atoms with E-state index in [0.717, 1.165) is 5.69 Å². The molecule has 0 bridgehead atoms. The van der Waals surface area contributed by atoms with Gasteiger partial charge in [-0.3, -0.25) is 0 Å². The summed E-state index contributed by atoms with van der Waals surface area (Å²) in [6.07, 6.45) is 0. The van der Waals surface area contributed by atoms with Gasteiger partial charge in [-0.1, -0.05) is 0 Å². The van der Waals surface area contributed by atoms with Gasteiger partial charge < -0.3 is 16.2 Å². The topological polar surface area (TPSA) is 101 Å². The smallest absolute Gasteiger partial charge is 0.354 e. The molecule has 0 saturated heterocycles. The molecule has 0 fully saturated rings. The van der Waals surface area contributed by atoms with Gasteiger partial charge in [-0.25, -0.2) is 14.8 Å². The van der Waals surface area contributed by atoms with Crippen LogP contribution in [-0.4, -0.2) is 21.0 Å². The zero-order valence-electron chi connectivity index (χ0n) is 8.75. The number of carboxylic acid groups (broad SMARTS) is 1. The third kappa shape index (κ3) is 2.70. The standard InChI is InChI=1S/C10H10N4O2S/c11-7-1-2-8(10(15)16)14-9(7)12-3-6-4-17-5-13-6/h1-2,4-5H,3,11H2,(H,12,14)(H,15,16). The Morgan fingerprint density at radius 1 is 1.53 bits per heavy atom. The van der Waals surface area contributed by atoms with Crippen LogP contribution in [-0.2, 0) is 6.54 Å². The summed E-state index contributed by atoms with van der Waals surface area (Å²) in [5, 5.41) is 13.7. The van der Waals surface area contributed by atoms with Crippen LogP contribution in [0.25, 0.3) is 0 Å². The lowest BCUT2D eigenvalue weighted by Crippen LogP contribution is -2.08. The van der Waals surface area contributed by atoms with Gasteiger partial charge in [0.15, 0.2) is 11.5 Å². The Bertz CT molecular complexity index is 527. The van der Waals surface area contributed by atoms with Crippen molar-refractivity contribution in [2.24, 2.45) is 0 Å². The van der Waals surface area contributed by atoms with E-state index in [9.17, 15) is 4.79 Å². The quantitative estimate of drug-likeness (QED) is 0.758. The van der Waals surface area contributed by atoms with Gasteiger partial charge >= 0.3 is 5.97 Å². The largest absolute Gasteiger partial charge is 0.477 e. The van der Waals surface area contributed by atoms with Gasteiger partial charge in [0.1, 0.15) is 0 Å². The van der Waals surface area contributed by atoms with E-state index >= 15 is 0 Å². The number of thiazole rings is 1. The summed E-state index contributed by atoms with van der Waals surface area (Å²) in [7, 11) is 0. The molecule has 0 atom stereocenters. The van der Waals surface area contributed by atoms with Crippen LogP contribution in [0.5, 0.6) is 0 Å². The van der Waals surface area contributed by atoms with Gasteiger partial charge in [-0.15, -0.1) is 11.3 Å². The fraction of sp³-hybridized carbons (Fsp3) is 0.100. The number of hydrogen-bond acceptors (Lipinski definition) is 6. The number of pyridine rings is 1. The molecule has 0 aliphatic carbocycles. The fourth-order valence-electron chi connectivity index (χ4n) is 1.23. The highest BCUT2D eigenvalue weighted by Gasteiger charge is 2.08. The van der Waals surface area contributed by atoms with Crippen LogP contribution in [0.15, 0.2) is 23.0 Å². The number of rotatable bonds is 4. The van der Waals surface area contributed by atoms with Crippen LogP contribution in [0.4, 0.5) is 11.5 Å². The van der Waals surface area contributed by atoms with E-state index in [0.29, 0.717) is 18.1 Å². The van der Waals surface area contributed by atoms with Crippen LogP contribution in [0.3, 0.4) is 0 Å². The summed E-state index contributed by atoms with van der Waals surface area (Å²) in [5.41, 5.74) is 8.64. The second-order valence-corrected chi connectivity index (χ2v) is 3.99. The Kier molecular flexibility index (Phi) is 3.20. The number of nitrogen functional groups attached to an aromatic ring is 1. The molecular formula is C10H10N4O2S. The molecule has 0 aliphatic heterocycles. The molecule has 17 heavy (non-hydrogen) atoms. The van der Waals surface area contributed by atoms with E-state index in [1.807, 2.05) is 5.38 Å². The number of aromatic carboxylic acids is 1. The SMILES string of the molecule is Nc1ccc(C(=O)O)nc1NCc1cscn1. The van der Waals surface area contributed by atoms with E-state index in [4.69, 9.17) is 10.8 Å². The summed E-state index contributed by atoms with van der Waals surface area (Å²) >= 11 is 1.49. The van der Waals surface area contributed by atoms with Crippen molar-refractivity contribution in [3.8, 4) is 0 Å². The van der Waals surface area contributed by atoms with E-state index in [1.165, 1.54) is 23.5 Å². The molecule has 0 saturated carbocycles. The van der Waals surface area contributed by atoms with Crippen molar-refractivity contribution in [1.82, 2.24) is 9.97 Å². The van der Waals surface area contributed by atoms with Crippen molar-refractivity contribution in [2.45, 2.75) is 6.54 Å². The minimum absolute atomic E-state index is 0.0417. The predicted molar refractivity (Wildman–Crippen MR) is 65.0 cm³/mol. The second-order valence-electron chi connectivity index (χ2n) is 3.27. The van der Waals surface area contributed by atoms with Crippen molar-refractivity contribution in [3.05, 3.63) is 34.4 Å². The third-order valence-electron chi connectivity index (χ3n) is 2.07. The maximum Gasteiger partial charge on any atom is 0.354 e. The number of carbonyl (C=O) groups is 1. The molecule has 2 rings (SSSR count). The highest BCUT2D eigenvalue weighted by atomic mass is 32.1. The first-order valence-electron chi connectivity index (χ1n) is 4.77. The number of carboxylic acids is 1. The summed E-state index contributed by atoms with van der Waals surface area (Å²) in [6, 6.07) is 2.88. The second kappa shape index (κ2) is 4.79. The van der Waals surface area contributed by atoms with Crippen LogP contribution < -0.4 is 11.1 Å². The van der Waals surface area contributed by atoms with Crippen LogP contribution >= 0.6 is 11.3 Å². The van der Waals surface area contributed by atoms with Gasteiger partial charge in [0.05, 0.1) is 23.4 Å². The Morgan fingerprint density at radius 2 is 2.35 bits per heavy atom. The van der Waals surface area contributed by atoms with Crippen LogP contribution in [0.2, 0.25) is 0 Å². The first kappa shape index (κ1) is 11.3. The zero-order chi connectivity index (χ0) is 12.3. The lowest BCUT2D eigenvalue weighted by Gasteiger charge is -2.07. The molecule has 0 amide bonds. The molecule has 0 aromatic carbocycles. The highest BCUT2D eigenvalue weighted by molar-refractivity contribution is 7.07. The summed E-state index contributed by atoms with van der Waals surface area (Å²) in [5.74, 6) is -0.723. The van der Waals surface area contributed by atoms with E-state index in [-0.39, 0.29) is 5.69 Å². The van der Waals surface area contributed by atoms with Crippen molar-refractivity contribution < 1.29 is 9.90 Å². The minimum Gasteiger partial charge on any atom is -0.477 e. The molecule has 0 unspecified atom stereocenters. The maximum atomic E-state index is 10.8.